The van der Waals surface area contributed by atoms with Gasteiger partial charge in [-0.15, -0.1) is 0 Å². The van der Waals surface area contributed by atoms with E-state index in [2.05, 4.69) is 16.7 Å². The van der Waals surface area contributed by atoms with Crippen molar-refractivity contribution < 1.29 is 15.0 Å². The first-order chi connectivity index (χ1) is 12.1. The molecule has 0 bridgehead atoms. The molecule has 25 heavy (non-hydrogen) atoms. The van der Waals surface area contributed by atoms with E-state index in [1.165, 1.54) is 19.3 Å². The molecule has 2 rings (SSSR count). The van der Waals surface area contributed by atoms with E-state index >= 15 is 0 Å². The molecule has 1 aliphatic carbocycles. The Morgan fingerprint density at radius 1 is 1.24 bits per heavy atom. The van der Waals surface area contributed by atoms with Crippen molar-refractivity contribution in [2.75, 3.05) is 6.54 Å². The van der Waals surface area contributed by atoms with Crippen molar-refractivity contribution >= 4 is 6.09 Å². The number of benzene rings is 1. The van der Waals surface area contributed by atoms with E-state index in [9.17, 15) is 9.90 Å². The van der Waals surface area contributed by atoms with Gasteiger partial charge < -0.3 is 20.8 Å². The van der Waals surface area contributed by atoms with E-state index in [4.69, 9.17) is 10.4 Å². The molecule has 6 nitrogen and oxygen atoms in total. The van der Waals surface area contributed by atoms with E-state index in [0.717, 1.165) is 18.4 Å². The van der Waals surface area contributed by atoms with Gasteiger partial charge in [0.1, 0.15) is 0 Å². The molecule has 1 fully saturated rings. The van der Waals surface area contributed by atoms with E-state index in [1.54, 1.807) is 12.1 Å². The van der Waals surface area contributed by atoms with Crippen LogP contribution in [-0.4, -0.2) is 35.0 Å². The van der Waals surface area contributed by atoms with Gasteiger partial charge in [0.15, 0.2) is 0 Å². The highest BCUT2D eigenvalue weighted by Gasteiger charge is 2.25. The summed E-state index contributed by atoms with van der Waals surface area (Å²) in [6.07, 6.45) is 4.69. The van der Waals surface area contributed by atoms with Crippen LogP contribution in [0, 0.1) is 17.2 Å². The standard InChI is InChI=1S/C19H27N3O3/c20-11-15-6-8-16(9-7-15)12-21-13-18(23)17(22-19(24)25)10-14-4-2-1-3-5-14/h6-9,14,17-18,21-23H,1-5,10,12-13H2,(H,24,25)/t17-,18-/m0/s1. The molecule has 136 valence electrons. The van der Waals surface area contributed by atoms with Crippen molar-refractivity contribution in [2.24, 2.45) is 5.92 Å². The first-order valence-corrected chi connectivity index (χ1v) is 8.95. The lowest BCUT2D eigenvalue weighted by Crippen LogP contribution is -2.48. The molecule has 6 heteroatoms. The van der Waals surface area contributed by atoms with Gasteiger partial charge >= 0.3 is 6.09 Å². The molecule has 1 saturated carbocycles. The molecule has 4 N–H and O–H groups in total. The molecule has 1 aliphatic rings. The van der Waals surface area contributed by atoms with Crippen LogP contribution in [-0.2, 0) is 6.54 Å². The molecule has 0 unspecified atom stereocenters. The Bertz CT molecular complexity index is 577. The molecule has 0 spiro atoms. The highest BCUT2D eigenvalue weighted by Crippen LogP contribution is 2.28. The van der Waals surface area contributed by atoms with Gasteiger partial charge in [0, 0.05) is 13.1 Å². The Hall–Kier alpha value is -2.10. The maximum atomic E-state index is 11.0. The Morgan fingerprint density at radius 3 is 2.52 bits per heavy atom. The van der Waals surface area contributed by atoms with E-state index in [0.29, 0.717) is 31.0 Å². The average molecular weight is 345 g/mol. The first kappa shape index (κ1) is 19.2. The zero-order valence-corrected chi connectivity index (χ0v) is 14.4. The van der Waals surface area contributed by atoms with Gasteiger partial charge in [-0.1, -0.05) is 44.2 Å². The summed E-state index contributed by atoms with van der Waals surface area (Å²) in [6.45, 7) is 0.879. The number of hydrogen-bond acceptors (Lipinski definition) is 4. The third-order valence-electron chi connectivity index (χ3n) is 4.85. The number of aliphatic hydroxyl groups is 1. The molecule has 2 atom stereocenters. The summed E-state index contributed by atoms with van der Waals surface area (Å²) in [5.41, 5.74) is 1.63. The largest absolute Gasteiger partial charge is 0.465 e. The number of rotatable bonds is 8. The van der Waals surface area contributed by atoms with Crippen LogP contribution in [0.5, 0.6) is 0 Å². The van der Waals surface area contributed by atoms with Crippen molar-refractivity contribution in [1.29, 1.82) is 5.26 Å². The van der Waals surface area contributed by atoms with E-state index in [-0.39, 0.29) is 0 Å². The number of nitrogens with zero attached hydrogens (tertiary/aromatic N) is 1. The fourth-order valence-corrected chi connectivity index (χ4v) is 3.46. The van der Waals surface area contributed by atoms with Crippen LogP contribution in [0.25, 0.3) is 0 Å². The third kappa shape index (κ3) is 6.73. The van der Waals surface area contributed by atoms with Crippen molar-refractivity contribution in [2.45, 2.75) is 57.2 Å². The van der Waals surface area contributed by atoms with Gasteiger partial charge in [0.2, 0.25) is 0 Å². The predicted molar refractivity (Wildman–Crippen MR) is 95.0 cm³/mol. The van der Waals surface area contributed by atoms with Gasteiger partial charge in [-0.05, 0) is 30.0 Å². The number of aliphatic hydroxyl groups excluding tert-OH is 1. The van der Waals surface area contributed by atoms with Gasteiger partial charge in [-0.25, -0.2) is 4.79 Å². The van der Waals surface area contributed by atoms with Gasteiger partial charge in [-0.2, -0.15) is 5.26 Å². The Kier molecular flexibility index (Phi) is 7.71. The van der Waals surface area contributed by atoms with E-state index < -0.39 is 18.2 Å². The number of nitriles is 1. The second kappa shape index (κ2) is 10.0. The lowest BCUT2D eigenvalue weighted by Gasteiger charge is -2.29. The summed E-state index contributed by atoms with van der Waals surface area (Å²) < 4.78 is 0. The molecular weight excluding hydrogens is 318 g/mol. The molecule has 0 saturated heterocycles. The normalized spacial score (nSPS) is 17.4. The molecule has 0 heterocycles. The van der Waals surface area contributed by atoms with Gasteiger partial charge in [0.05, 0.1) is 23.8 Å². The molecule has 0 radical (unpaired) electrons. The Balaban J connectivity index is 1.81. The second-order valence-corrected chi connectivity index (χ2v) is 6.80. The van der Waals surface area contributed by atoms with Crippen LogP contribution in [0.2, 0.25) is 0 Å². The summed E-state index contributed by atoms with van der Waals surface area (Å²) in [7, 11) is 0. The zero-order chi connectivity index (χ0) is 18.1. The van der Waals surface area contributed by atoms with Crippen LogP contribution >= 0.6 is 0 Å². The molecule has 1 amide bonds. The van der Waals surface area contributed by atoms with Crippen LogP contribution in [0.1, 0.15) is 49.7 Å². The summed E-state index contributed by atoms with van der Waals surface area (Å²) >= 11 is 0. The summed E-state index contributed by atoms with van der Waals surface area (Å²) in [6, 6.07) is 8.87. The van der Waals surface area contributed by atoms with Crippen LogP contribution < -0.4 is 10.6 Å². The maximum Gasteiger partial charge on any atom is 0.404 e. The number of nitrogens with one attached hydrogen (secondary N) is 2. The topological polar surface area (TPSA) is 105 Å². The number of hydrogen-bond donors (Lipinski definition) is 4. The second-order valence-electron chi connectivity index (χ2n) is 6.80. The molecule has 1 aromatic rings. The fraction of sp³-hybridized carbons (Fsp3) is 0.579. The minimum Gasteiger partial charge on any atom is -0.465 e. The lowest BCUT2D eigenvalue weighted by molar-refractivity contribution is 0.102. The number of carboxylic acid groups (broad SMARTS) is 1. The highest BCUT2D eigenvalue weighted by molar-refractivity contribution is 5.64. The minimum absolute atomic E-state index is 0.317. The van der Waals surface area contributed by atoms with Gasteiger partial charge in [0.25, 0.3) is 0 Å². The monoisotopic (exact) mass is 345 g/mol. The van der Waals surface area contributed by atoms with Gasteiger partial charge in [-0.3, -0.25) is 0 Å². The average Bonchev–Trinajstić information content (AvgIpc) is 2.62. The maximum absolute atomic E-state index is 11.0. The number of carbonyl (C=O) groups is 1. The first-order valence-electron chi connectivity index (χ1n) is 8.95. The van der Waals surface area contributed by atoms with E-state index in [1.807, 2.05) is 12.1 Å². The predicted octanol–water partition coefficient (Wildman–Crippen LogP) is 2.62. The molecule has 1 aromatic carbocycles. The fourth-order valence-electron chi connectivity index (χ4n) is 3.46. The Labute approximate surface area is 148 Å². The van der Waals surface area contributed by atoms with Crippen molar-refractivity contribution in [3.8, 4) is 6.07 Å². The third-order valence-corrected chi connectivity index (χ3v) is 4.85. The summed E-state index contributed by atoms with van der Waals surface area (Å²) in [5, 5.41) is 33.9. The smallest absolute Gasteiger partial charge is 0.404 e. The van der Waals surface area contributed by atoms with Crippen molar-refractivity contribution in [1.82, 2.24) is 10.6 Å². The van der Waals surface area contributed by atoms with Crippen LogP contribution in [0.4, 0.5) is 4.79 Å². The zero-order valence-electron chi connectivity index (χ0n) is 14.4. The van der Waals surface area contributed by atoms with Crippen LogP contribution in [0.15, 0.2) is 24.3 Å². The lowest BCUT2D eigenvalue weighted by atomic mass is 9.83. The summed E-state index contributed by atoms with van der Waals surface area (Å²) in [4.78, 5) is 11.0. The highest BCUT2D eigenvalue weighted by atomic mass is 16.4. The molecule has 0 aromatic heterocycles. The van der Waals surface area contributed by atoms with Crippen LogP contribution in [0.3, 0.4) is 0 Å². The quantitative estimate of drug-likeness (QED) is 0.579. The van der Waals surface area contributed by atoms with Crippen molar-refractivity contribution in [3.05, 3.63) is 35.4 Å². The van der Waals surface area contributed by atoms with Crippen molar-refractivity contribution in [3.63, 3.8) is 0 Å². The SMILES string of the molecule is N#Cc1ccc(CNC[C@H](O)[C@H](CC2CCCCC2)NC(=O)O)cc1. The summed E-state index contributed by atoms with van der Waals surface area (Å²) in [5.74, 6) is 0.485. The Morgan fingerprint density at radius 2 is 1.92 bits per heavy atom. The molecular formula is C19H27N3O3. The minimum atomic E-state index is -1.09. The number of amides is 1. The molecule has 0 aliphatic heterocycles.